The molecule has 9 nitrogen and oxygen atoms in total. The topological polar surface area (TPSA) is 152 Å². The predicted octanol–water partition coefficient (Wildman–Crippen LogP) is 4.35. The predicted molar refractivity (Wildman–Crippen MR) is 184 cm³/mol. The minimum Gasteiger partial charge on any atom is -0.369 e. The molecule has 0 bridgehead atoms. The molecular formula is C39H47N3O6. The van der Waals surface area contributed by atoms with Gasteiger partial charge in [0.25, 0.3) is 5.91 Å². The van der Waals surface area contributed by atoms with Crippen molar-refractivity contribution in [3.8, 4) is 0 Å². The largest absolute Gasteiger partial charge is 0.369 e. The van der Waals surface area contributed by atoms with Gasteiger partial charge in [-0.25, -0.2) is 0 Å². The average molecular weight is 654 g/mol. The van der Waals surface area contributed by atoms with Crippen LogP contribution in [-0.4, -0.2) is 47.2 Å². The van der Waals surface area contributed by atoms with Gasteiger partial charge in [-0.2, -0.15) is 0 Å². The van der Waals surface area contributed by atoms with Crippen LogP contribution in [0.5, 0.6) is 0 Å². The molecule has 254 valence electrons. The van der Waals surface area contributed by atoms with E-state index in [1.165, 1.54) is 0 Å². The molecule has 0 aliphatic rings. The van der Waals surface area contributed by atoms with Gasteiger partial charge in [-0.05, 0) is 35.4 Å². The van der Waals surface area contributed by atoms with E-state index in [2.05, 4.69) is 10.6 Å². The standard InChI is InChI=1S/C39H47N3O6/c1-5-26(2)34(35(45)37(47)41-32(23-29-19-13-8-14-20-29)33(44)25-39(3,4)38(40)48)42-36(46)30(21-27-15-9-6-10-16-27)24-31(43)22-28-17-11-7-12-18-28/h6-20,26,30,32,34H,5,21-25H2,1-4H3,(H2,40,48)(H,41,47)(H,42,46)/t26-,30+,32-,34?/m0/s1. The molecular weight excluding hydrogens is 606 g/mol. The molecule has 0 spiro atoms. The third-order valence-electron chi connectivity index (χ3n) is 8.69. The summed E-state index contributed by atoms with van der Waals surface area (Å²) in [5, 5.41) is 5.39. The highest BCUT2D eigenvalue weighted by Gasteiger charge is 2.37. The Kier molecular flexibility index (Phi) is 14.0. The van der Waals surface area contributed by atoms with Crippen LogP contribution in [0.25, 0.3) is 0 Å². The number of benzene rings is 3. The van der Waals surface area contributed by atoms with Crippen molar-refractivity contribution in [1.29, 1.82) is 0 Å². The minimum atomic E-state index is -1.19. The van der Waals surface area contributed by atoms with Crippen molar-refractivity contribution in [3.05, 3.63) is 108 Å². The average Bonchev–Trinajstić information content (AvgIpc) is 3.06. The van der Waals surface area contributed by atoms with E-state index in [0.717, 1.165) is 16.7 Å². The first kappa shape index (κ1) is 37.5. The summed E-state index contributed by atoms with van der Waals surface area (Å²) in [6, 6.07) is 25.3. The Labute approximate surface area is 283 Å². The monoisotopic (exact) mass is 653 g/mol. The maximum absolute atomic E-state index is 13.8. The maximum Gasteiger partial charge on any atom is 0.290 e. The van der Waals surface area contributed by atoms with Gasteiger partial charge < -0.3 is 16.4 Å². The van der Waals surface area contributed by atoms with E-state index in [0.29, 0.717) is 6.42 Å². The normalized spacial score (nSPS) is 13.8. The van der Waals surface area contributed by atoms with E-state index in [1.807, 2.05) is 73.7 Å². The van der Waals surface area contributed by atoms with Crippen LogP contribution in [0.1, 0.15) is 63.6 Å². The van der Waals surface area contributed by atoms with E-state index in [-0.39, 0.29) is 37.9 Å². The lowest BCUT2D eigenvalue weighted by Gasteiger charge is -2.27. The first-order valence-electron chi connectivity index (χ1n) is 16.4. The van der Waals surface area contributed by atoms with Crippen molar-refractivity contribution in [2.45, 2.75) is 78.3 Å². The van der Waals surface area contributed by atoms with Gasteiger partial charge >= 0.3 is 0 Å². The number of primary amides is 1. The molecule has 0 aliphatic carbocycles. The van der Waals surface area contributed by atoms with E-state index in [9.17, 15) is 28.8 Å². The maximum atomic E-state index is 13.8. The number of nitrogens with two attached hydrogens (primary N) is 1. The van der Waals surface area contributed by atoms with E-state index in [1.54, 1.807) is 45.0 Å². The third-order valence-corrected chi connectivity index (χ3v) is 8.69. The summed E-state index contributed by atoms with van der Waals surface area (Å²) in [7, 11) is 0. The Morgan fingerprint density at radius 1 is 0.729 bits per heavy atom. The highest BCUT2D eigenvalue weighted by atomic mass is 16.2. The van der Waals surface area contributed by atoms with Crippen LogP contribution >= 0.6 is 0 Å². The van der Waals surface area contributed by atoms with Gasteiger partial charge in [-0.15, -0.1) is 0 Å². The lowest BCUT2D eigenvalue weighted by molar-refractivity contribution is -0.143. The molecule has 1 unspecified atom stereocenters. The quantitative estimate of drug-likeness (QED) is 0.164. The van der Waals surface area contributed by atoms with Crippen LogP contribution in [-0.2, 0) is 48.0 Å². The Balaban J connectivity index is 1.82. The second-order valence-electron chi connectivity index (χ2n) is 13.1. The fourth-order valence-corrected chi connectivity index (χ4v) is 5.41. The van der Waals surface area contributed by atoms with Crippen LogP contribution < -0.4 is 16.4 Å². The Hall–Kier alpha value is -4.92. The smallest absolute Gasteiger partial charge is 0.290 e. The fourth-order valence-electron chi connectivity index (χ4n) is 5.41. The minimum absolute atomic E-state index is 0.0491. The zero-order chi connectivity index (χ0) is 35.3. The second kappa shape index (κ2) is 17.8. The van der Waals surface area contributed by atoms with Gasteiger partial charge in [0.2, 0.25) is 17.6 Å². The summed E-state index contributed by atoms with van der Waals surface area (Å²) in [4.78, 5) is 79.6. The third kappa shape index (κ3) is 11.4. The zero-order valence-corrected chi connectivity index (χ0v) is 28.2. The number of carbonyl (C=O) groups is 6. The number of ketones is 3. The van der Waals surface area contributed by atoms with Gasteiger partial charge in [-0.1, -0.05) is 125 Å². The molecule has 0 saturated heterocycles. The van der Waals surface area contributed by atoms with Crippen molar-refractivity contribution < 1.29 is 28.8 Å². The number of nitrogens with one attached hydrogen (secondary N) is 2. The van der Waals surface area contributed by atoms with Crippen molar-refractivity contribution in [3.63, 3.8) is 0 Å². The summed E-state index contributed by atoms with van der Waals surface area (Å²) in [6.07, 6.45) is 0.712. The van der Waals surface area contributed by atoms with Gasteiger partial charge in [0, 0.05) is 25.2 Å². The zero-order valence-electron chi connectivity index (χ0n) is 28.2. The number of hydrogen-bond acceptors (Lipinski definition) is 6. The van der Waals surface area contributed by atoms with Crippen molar-refractivity contribution in [2.75, 3.05) is 0 Å². The highest BCUT2D eigenvalue weighted by molar-refractivity contribution is 6.39. The van der Waals surface area contributed by atoms with Crippen LogP contribution in [0.3, 0.4) is 0 Å². The number of amides is 3. The van der Waals surface area contributed by atoms with E-state index >= 15 is 0 Å². The molecule has 0 saturated carbocycles. The summed E-state index contributed by atoms with van der Waals surface area (Å²) in [5.74, 6) is -4.87. The molecule has 0 radical (unpaired) electrons. The van der Waals surface area contributed by atoms with Gasteiger partial charge in [0.15, 0.2) is 5.78 Å². The highest BCUT2D eigenvalue weighted by Crippen LogP contribution is 2.22. The number of hydrogen-bond donors (Lipinski definition) is 3. The summed E-state index contributed by atoms with van der Waals surface area (Å²) in [6.45, 7) is 6.69. The summed E-state index contributed by atoms with van der Waals surface area (Å²) in [5.41, 5.74) is 6.78. The molecule has 0 aliphatic heterocycles. The van der Waals surface area contributed by atoms with Gasteiger partial charge in [-0.3, -0.25) is 28.8 Å². The molecule has 4 atom stereocenters. The van der Waals surface area contributed by atoms with E-state index in [4.69, 9.17) is 5.73 Å². The molecule has 0 heterocycles. The van der Waals surface area contributed by atoms with Crippen LogP contribution in [0.15, 0.2) is 91.0 Å². The molecule has 3 aromatic rings. The van der Waals surface area contributed by atoms with Gasteiger partial charge in [0.05, 0.1) is 17.5 Å². The lowest BCUT2D eigenvalue weighted by Crippen LogP contribution is -2.55. The molecule has 9 heteroatoms. The molecule has 0 fully saturated rings. The van der Waals surface area contributed by atoms with Crippen molar-refractivity contribution in [1.82, 2.24) is 10.6 Å². The number of Topliss-reactive ketones (excluding diaryl/α,β-unsaturated/α-hetero) is 3. The Morgan fingerprint density at radius 2 is 1.23 bits per heavy atom. The van der Waals surface area contributed by atoms with Crippen LogP contribution in [0.2, 0.25) is 0 Å². The SMILES string of the molecule is CC[C@H](C)C(NC(=O)[C@@H](CC(=O)Cc1ccccc1)Cc1ccccc1)C(=O)C(=O)N[C@@H](Cc1ccccc1)C(=O)CC(C)(C)C(N)=O. The molecule has 3 amide bonds. The molecule has 3 aromatic carbocycles. The number of carbonyl (C=O) groups excluding carboxylic acids is 6. The van der Waals surface area contributed by atoms with Crippen molar-refractivity contribution >= 4 is 35.1 Å². The van der Waals surface area contributed by atoms with E-state index < -0.39 is 58.6 Å². The van der Waals surface area contributed by atoms with Crippen LogP contribution in [0.4, 0.5) is 0 Å². The Morgan fingerprint density at radius 3 is 1.73 bits per heavy atom. The lowest BCUT2D eigenvalue weighted by atomic mass is 9.83. The first-order valence-corrected chi connectivity index (χ1v) is 16.4. The first-order chi connectivity index (χ1) is 22.8. The molecule has 0 aromatic heterocycles. The fraction of sp³-hybridized carbons (Fsp3) is 0.385. The molecule has 4 N–H and O–H groups in total. The van der Waals surface area contributed by atoms with Crippen molar-refractivity contribution in [2.24, 2.45) is 23.0 Å². The van der Waals surface area contributed by atoms with Gasteiger partial charge in [0.1, 0.15) is 5.78 Å². The summed E-state index contributed by atoms with van der Waals surface area (Å²) < 4.78 is 0. The second-order valence-corrected chi connectivity index (χ2v) is 13.1. The number of rotatable bonds is 19. The molecule has 48 heavy (non-hydrogen) atoms. The molecule has 3 rings (SSSR count). The Bertz CT molecular complexity index is 1560. The summed E-state index contributed by atoms with van der Waals surface area (Å²) >= 11 is 0. The van der Waals surface area contributed by atoms with Crippen LogP contribution in [0, 0.1) is 17.3 Å².